The molecule has 0 bridgehead atoms. The predicted molar refractivity (Wildman–Crippen MR) is 79.7 cm³/mol. The molecular weight excluding hydrogens is 292 g/mol. The van der Waals surface area contributed by atoms with Gasteiger partial charge in [-0.15, -0.1) is 0 Å². The summed E-state index contributed by atoms with van der Waals surface area (Å²) in [6.07, 6.45) is 0.905. The number of hydrogen-bond donors (Lipinski definition) is 2. The second-order valence-electron chi connectivity index (χ2n) is 5.41. The van der Waals surface area contributed by atoms with Crippen LogP contribution in [-0.4, -0.2) is 51.5 Å². The molecule has 1 unspecified atom stereocenters. The Labute approximate surface area is 126 Å². The molecule has 1 aromatic heterocycles. The second-order valence-corrected chi connectivity index (χ2v) is 7.11. The maximum atomic E-state index is 12.5. The Morgan fingerprint density at radius 3 is 2.81 bits per heavy atom. The number of nitrogens with zero attached hydrogens (tertiary/aromatic N) is 2. The molecule has 1 fully saturated rings. The van der Waals surface area contributed by atoms with E-state index in [2.05, 4.69) is 15.1 Å². The summed E-state index contributed by atoms with van der Waals surface area (Å²) in [4.78, 5) is 0.303. The molecule has 1 aliphatic heterocycles. The largest absolute Gasteiger partial charge is 0.381 e. The van der Waals surface area contributed by atoms with E-state index in [9.17, 15) is 8.42 Å². The fourth-order valence-corrected chi connectivity index (χ4v) is 4.07. The summed E-state index contributed by atoms with van der Waals surface area (Å²) in [5, 5.41) is 7.36. The van der Waals surface area contributed by atoms with Gasteiger partial charge < -0.3 is 10.1 Å². The van der Waals surface area contributed by atoms with Gasteiger partial charge in [0, 0.05) is 19.7 Å². The second kappa shape index (κ2) is 6.87. The van der Waals surface area contributed by atoms with Gasteiger partial charge in [0.2, 0.25) is 10.0 Å². The maximum absolute atomic E-state index is 12.5. The Bertz CT molecular complexity index is 576. The molecule has 2 rings (SSSR count). The number of rotatable bonds is 7. The SMILES string of the molecule is CNCCn1nc(C)c(S(=O)(=O)NCC2CCOC2)c1C. The van der Waals surface area contributed by atoms with Crippen molar-refractivity contribution in [2.45, 2.75) is 31.7 Å². The minimum Gasteiger partial charge on any atom is -0.381 e. The van der Waals surface area contributed by atoms with E-state index in [4.69, 9.17) is 4.74 Å². The number of likely N-dealkylation sites (N-methyl/N-ethyl adjacent to an activating group) is 1. The van der Waals surface area contributed by atoms with Gasteiger partial charge in [0.15, 0.2) is 0 Å². The maximum Gasteiger partial charge on any atom is 0.244 e. The summed E-state index contributed by atoms with van der Waals surface area (Å²) in [5.74, 6) is 0.264. The van der Waals surface area contributed by atoms with Crippen molar-refractivity contribution in [1.82, 2.24) is 19.8 Å². The first-order valence-corrected chi connectivity index (χ1v) is 8.70. The number of sulfonamides is 1. The summed E-state index contributed by atoms with van der Waals surface area (Å²) in [6.45, 7) is 6.68. The topological polar surface area (TPSA) is 85.2 Å². The molecule has 1 aromatic rings. The van der Waals surface area contributed by atoms with Gasteiger partial charge in [-0.2, -0.15) is 5.10 Å². The number of ether oxygens (including phenoxy) is 1. The molecule has 7 nitrogen and oxygen atoms in total. The molecule has 120 valence electrons. The summed E-state index contributed by atoms with van der Waals surface area (Å²) >= 11 is 0. The summed E-state index contributed by atoms with van der Waals surface area (Å²) in [6, 6.07) is 0. The fourth-order valence-electron chi connectivity index (χ4n) is 2.55. The monoisotopic (exact) mass is 316 g/mol. The highest BCUT2D eigenvalue weighted by atomic mass is 32.2. The molecule has 0 aliphatic carbocycles. The van der Waals surface area contributed by atoms with Crippen molar-refractivity contribution in [2.24, 2.45) is 5.92 Å². The number of hydrogen-bond acceptors (Lipinski definition) is 5. The van der Waals surface area contributed by atoms with Crippen molar-refractivity contribution in [1.29, 1.82) is 0 Å². The molecule has 1 saturated heterocycles. The molecule has 21 heavy (non-hydrogen) atoms. The van der Waals surface area contributed by atoms with Crippen LogP contribution in [-0.2, 0) is 21.3 Å². The van der Waals surface area contributed by atoms with Gasteiger partial charge in [-0.3, -0.25) is 4.68 Å². The van der Waals surface area contributed by atoms with E-state index in [0.717, 1.165) is 13.0 Å². The van der Waals surface area contributed by atoms with Crippen LogP contribution in [0.5, 0.6) is 0 Å². The molecule has 0 aromatic carbocycles. The van der Waals surface area contributed by atoms with E-state index >= 15 is 0 Å². The van der Waals surface area contributed by atoms with Gasteiger partial charge >= 0.3 is 0 Å². The first-order chi connectivity index (χ1) is 9.95. The van der Waals surface area contributed by atoms with Gasteiger partial charge in [0.1, 0.15) is 4.90 Å². The van der Waals surface area contributed by atoms with Crippen molar-refractivity contribution in [2.75, 3.05) is 33.4 Å². The number of aryl methyl sites for hydroxylation is 1. The lowest BCUT2D eigenvalue weighted by Crippen LogP contribution is -2.30. The van der Waals surface area contributed by atoms with Crippen molar-refractivity contribution in [3.8, 4) is 0 Å². The van der Waals surface area contributed by atoms with Crippen LogP contribution in [0.25, 0.3) is 0 Å². The highest BCUT2D eigenvalue weighted by Crippen LogP contribution is 2.20. The van der Waals surface area contributed by atoms with Crippen LogP contribution in [0.15, 0.2) is 4.90 Å². The van der Waals surface area contributed by atoms with E-state index in [0.29, 0.717) is 42.6 Å². The summed E-state index contributed by atoms with van der Waals surface area (Å²) in [5.41, 5.74) is 1.22. The third-order valence-electron chi connectivity index (χ3n) is 3.74. The molecule has 0 amide bonds. The van der Waals surface area contributed by atoms with Crippen molar-refractivity contribution in [3.05, 3.63) is 11.4 Å². The molecule has 2 heterocycles. The highest BCUT2D eigenvalue weighted by Gasteiger charge is 2.26. The number of aromatic nitrogens is 2. The van der Waals surface area contributed by atoms with E-state index in [-0.39, 0.29) is 5.92 Å². The molecule has 0 radical (unpaired) electrons. The van der Waals surface area contributed by atoms with Crippen LogP contribution >= 0.6 is 0 Å². The Morgan fingerprint density at radius 2 is 2.19 bits per heavy atom. The lowest BCUT2D eigenvalue weighted by Gasteiger charge is -2.11. The van der Waals surface area contributed by atoms with Crippen LogP contribution in [0.1, 0.15) is 17.8 Å². The molecule has 1 aliphatic rings. The van der Waals surface area contributed by atoms with Crippen LogP contribution in [0.2, 0.25) is 0 Å². The highest BCUT2D eigenvalue weighted by molar-refractivity contribution is 7.89. The zero-order valence-electron chi connectivity index (χ0n) is 12.8. The van der Waals surface area contributed by atoms with Gasteiger partial charge in [-0.05, 0) is 33.2 Å². The normalized spacial score (nSPS) is 19.3. The average Bonchev–Trinajstić information content (AvgIpc) is 3.03. The predicted octanol–water partition coefficient (Wildman–Crippen LogP) is 0.0341. The van der Waals surface area contributed by atoms with Gasteiger partial charge in [0.25, 0.3) is 0 Å². The Hall–Kier alpha value is -0.960. The molecule has 8 heteroatoms. The van der Waals surface area contributed by atoms with Crippen LogP contribution < -0.4 is 10.0 Å². The van der Waals surface area contributed by atoms with Gasteiger partial charge in [-0.25, -0.2) is 13.1 Å². The molecular formula is C13H24N4O3S. The van der Waals surface area contributed by atoms with Crippen molar-refractivity contribution >= 4 is 10.0 Å². The number of nitrogens with one attached hydrogen (secondary N) is 2. The molecule has 0 spiro atoms. The standard InChI is InChI=1S/C13H24N4O3S/c1-10-13(11(2)17(16-10)6-5-14-3)21(18,19)15-8-12-4-7-20-9-12/h12,14-15H,4-9H2,1-3H3. The van der Waals surface area contributed by atoms with E-state index in [1.54, 1.807) is 18.5 Å². The molecule has 0 saturated carbocycles. The Balaban J connectivity index is 2.13. The van der Waals surface area contributed by atoms with Gasteiger partial charge in [-0.1, -0.05) is 0 Å². The van der Waals surface area contributed by atoms with E-state index in [1.165, 1.54) is 0 Å². The first-order valence-electron chi connectivity index (χ1n) is 7.21. The minimum absolute atomic E-state index is 0.264. The zero-order valence-corrected chi connectivity index (χ0v) is 13.7. The first kappa shape index (κ1) is 16.4. The smallest absolute Gasteiger partial charge is 0.244 e. The quantitative estimate of drug-likeness (QED) is 0.741. The summed E-state index contributed by atoms with van der Waals surface area (Å²) in [7, 11) is -1.67. The summed E-state index contributed by atoms with van der Waals surface area (Å²) < 4.78 is 34.7. The third kappa shape index (κ3) is 3.82. The lowest BCUT2D eigenvalue weighted by molar-refractivity contribution is 0.186. The van der Waals surface area contributed by atoms with Crippen molar-refractivity contribution in [3.63, 3.8) is 0 Å². The fraction of sp³-hybridized carbons (Fsp3) is 0.769. The van der Waals surface area contributed by atoms with Gasteiger partial charge in [0.05, 0.1) is 24.5 Å². The van der Waals surface area contributed by atoms with E-state index in [1.807, 2.05) is 7.05 Å². The molecule has 2 N–H and O–H groups in total. The average molecular weight is 316 g/mol. The minimum atomic E-state index is -3.52. The third-order valence-corrected chi connectivity index (χ3v) is 5.42. The Morgan fingerprint density at radius 1 is 1.43 bits per heavy atom. The van der Waals surface area contributed by atoms with Crippen molar-refractivity contribution < 1.29 is 13.2 Å². The Kier molecular flexibility index (Phi) is 5.37. The lowest BCUT2D eigenvalue weighted by atomic mass is 10.1. The molecule has 1 atom stereocenters. The van der Waals surface area contributed by atoms with Crippen LogP contribution in [0.4, 0.5) is 0 Å². The van der Waals surface area contributed by atoms with Crippen LogP contribution in [0.3, 0.4) is 0 Å². The zero-order chi connectivity index (χ0) is 15.5. The van der Waals surface area contributed by atoms with E-state index < -0.39 is 10.0 Å². The van der Waals surface area contributed by atoms with Crippen LogP contribution in [0, 0.1) is 19.8 Å².